The molecule has 1 N–H and O–H groups in total. The maximum Gasteiger partial charge on any atom is 0.459 e. The first-order valence-electron chi connectivity index (χ1n) is 4.84. The molecule has 1 aromatic rings. The number of pyridine rings is 1. The Morgan fingerprint density at radius 2 is 1.78 bits per heavy atom. The van der Waals surface area contributed by atoms with Crippen LogP contribution in [-0.2, 0) is 16.6 Å². The zero-order valence-corrected chi connectivity index (χ0v) is 10.4. The molecule has 0 aromatic carbocycles. The number of hydrogen-bond donors (Lipinski definition) is 1. The van der Waals surface area contributed by atoms with Gasteiger partial charge >= 0.3 is 12.1 Å². The van der Waals surface area contributed by atoms with E-state index in [4.69, 9.17) is 4.78 Å². The van der Waals surface area contributed by atoms with Crippen LogP contribution in [0.15, 0.2) is 18.3 Å². The Morgan fingerprint density at radius 3 is 2.11 bits per heavy atom. The summed E-state index contributed by atoms with van der Waals surface area (Å²) in [6.45, 7) is 1.69. The highest BCUT2D eigenvalue weighted by Gasteiger charge is 2.59. The van der Waals surface area contributed by atoms with Crippen molar-refractivity contribution in [1.82, 2.24) is 4.98 Å². The van der Waals surface area contributed by atoms with Gasteiger partial charge in [0.2, 0.25) is 0 Å². The van der Waals surface area contributed by atoms with E-state index in [0.29, 0.717) is 11.6 Å². The molecule has 0 aliphatic carbocycles. The van der Waals surface area contributed by atoms with Gasteiger partial charge in [-0.05, 0) is 24.8 Å². The minimum absolute atomic E-state index is 0.258. The number of halogens is 5. The highest BCUT2D eigenvalue weighted by Crippen LogP contribution is 2.42. The van der Waals surface area contributed by atoms with Gasteiger partial charge in [-0.1, -0.05) is 6.07 Å². The zero-order chi connectivity index (χ0) is 14.1. The number of alkyl halides is 5. The molecule has 102 valence electrons. The quantitative estimate of drug-likeness (QED) is 0.843. The number of nitrogens with zero attached hydrogens (tertiary/aromatic N) is 1. The molecule has 0 fully saturated rings. The highest BCUT2D eigenvalue weighted by atomic mass is 32.2. The Labute approximate surface area is 103 Å². The van der Waals surface area contributed by atoms with Crippen LogP contribution < -0.4 is 0 Å². The fourth-order valence-corrected chi connectivity index (χ4v) is 1.73. The third kappa shape index (κ3) is 2.85. The Hall–Kier alpha value is -1.05. The highest BCUT2D eigenvalue weighted by molar-refractivity contribution is 7.85. The zero-order valence-electron chi connectivity index (χ0n) is 9.55. The van der Waals surface area contributed by atoms with Gasteiger partial charge in [-0.15, -0.1) is 10.7 Å². The molecule has 1 rings (SSSR count). The van der Waals surface area contributed by atoms with Crippen molar-refractivity contribution in [3.63, 3.8) is 0 Å². The summed E-state index contributed by atoms with van der Waals surface area (Å²) in [5, 5.41) is -0.258. The van der Waals surface area contributed by atoms with Gasteiger partial charge in [0.15, 0.2) is 0 Å². The van der Waals surface area contributed by atoms with Crippen LogP contribution in [0.4, 0.5) is 22.0 Å². The molecule has 0 bridgehead atoms. The molecular weight excluding hydrogens is 275 g/mol. The van der Waals surface area contributed by atoms with Crippen LogP contribution >= 0.6 is 0 Å². The maximum atomic E-state index is 12.9. The van der Waals surface area contributed by atoms with E-state index >= 15 is 0 Å². The Kier molecular flexibility index (Phi) is 4.09. The summed E-state index contributed by atoms with van der Waals surface area (Å²) in [6, 6.07) is 1.82. The van der Waals surface area contributed by atoms with E-state index in [0.717, 1.165) is 12.3 Å². The second-order valence-corrected chi connectivity index (χ2v) is 5.57. The monoisotopic (exact) mass is 286 g/mol. The van der Waals surface area contributed by atoms with E-state index in [1.165, 1.54) is 0 Å². The average Bonchev–Trinajstić information content (AvgIpc) is 2.26. The van der Waals surface area contributed by atoms with Crippen molar-refractivity contribution in [3.05, 3.63) is 29.6 Å². The SMILES string of the molecule is CC(c1ccc(C(F)(F)C(F)(F)F)nc1)S(C)=N. The summed E-state index contributed by atoms with van der Waals surface area (Å²) in [6.07, 6.45) is -3.06. The van der Waals surface area contributed by atoms with E-state index in [2.05, 4.69) is 4.98 Å². The van der Waals surface area contributed by atoms with Crippen LogP contribution in [0.25, 0.3) is 0 Å². The smallest absolute Gasteiger partial charge is 0.280 e. The summed E-state index contributed by atoms with van der Waals surface area (Å²) in [5.41, 5.74) is -0.857. The maximum absolute atomic E-state index is 12.9. The summed E-state index contributed by atoms with van der Waals surface area (Å²) >= 11 is 0. The molecule has 0 saturated carbocycles. The molecule has 0 saturated heterocycles. The molecule has 1 aromatic heterocycles. The van der Waals surface area contributed by atoms with Gasteiger partial charge in [0.25, 0.3) is 0 Å². The fourth-order valence-electron chi connectivity index (χ4n) is 1.18. The van der Waals surface area contributed by atoms with E-state index in [-0.39, 0.29) is 5.25 Å². The number of rotatable bonds is 3. The number of aromatic nitrogens is 1. The summed E-state index contributed by atoms with van der Waals surface area (Å²) in [4.78, 5) is 3.17. The molecule has 0 aliphatic rings. The molecule has 2 atom stereocenters. The van der Waals surface area contributed by atoms with Crippen LogP contribution in [0.2, 0.25) is 0 Å². The Balaban J connectivity index is 3.07. The van der Waals surface area contributed by atoms with Gasteiger partial charge < -0.3 is 0 Å². The first-order chi connectivity index (χ1) is 8.07. The molecule has 0 amide bonds. The van der Waals surface area contributed by atoms with Crippen molar-refractivity contribution in [2.75, 3.05) is 6.26 Å². The largest absolute Gasteiger partial charge is 0.459 e. The lowest BCUT2D eigenvalue weighted by Gasteiger charge is -2.19. The summed E-state index contributed by atoms with van der Waals surface area (Å²) in [7, 11) is -0.756. The number of hydrogen-bond acceptors (Lipinski definition) is 2. The van der Waals surface area contributed by atoms with E-state index in [1.807, 2.05) is 0 Å². The molecule has 0 spiro atoms. The van der Waals surface area contributed by atoms with Gasteiger partial charge in [0.05, 0.1) is 0 Å². The van der Waals surface area contributed by atoms with Gasteiger partial charge in [-0.2, -0.15) is 22.0 Å². The first kappa shape index (κ1) is 15.0. The molecule has 18 heavy (non-hydrogen) atoms. The third-order valence-corrected chi connectivity index (χ3v) is 3.80. The van der Waals surface area contributed by atoms with E-state index in [9.17, 15) is 22.0 Å². The van der Waals surface area contributed by atoms with Gasteiger partial charge in [0.1, 0.15) is 5.69 Å². The molecular formula is C10H11F5N2S. The molecule has 0 aliphatic heterocycles. The topological polar surface area (TPSA) is 36.7 Å². The molecule has 1 heterocycles. The van der Waals surface area contributed by atoms with Crippen molar-refractivity contribution < 1.29 is 22.0 Å². The van der Waals surface area contributed by atoms with Crippen LogP contribution in [0.1, 0.15) is 23.4 Å². The Morgan fingerprint density at radius 1 is 1.22 bits per heavy atom. The van der Waals surface area contributed by atoms with Gasteiger partial charge in [0, 0.05) is 11.4 Å². The Bertz CT molecular complexity index is 441. The van der Waals surface area contributed by atoms with Crippen LogP contribution in [0.3, 0.4) is 0 Å². The van der Waals surface area contributed by atoms with E-state index < -0.39 is 28.5 Å². The van der Waals surface area contributed by atoms with Gasteiger partial charge in [-0.3, -0.25) is 9.76 Å². The normalized spacial score (nSPS) is 16.4. The van der Waals surface area contributed by atoms with Gasteiger partial charge in [-0.25, -0.2) is 0 Å². The number of nitrogens with one attached hydrogen (secondary N) is 1. The summed E-state index contributed by atoms with van der Waals surface area (Å²) in [5.74, 6) is -4.95. The van der Waals surface area contributed by atoms with Crippen LogP contribution in [-0.4, -0.2) is 17.4 Å². The predicted octanol–water partition coefficient (Wildman–Crippen LogP) is 3.81. The second-order valence-electron chi connectivity index (χ2n) is 3.75. The van der Waals surface area contributed by atoms with Crippen molar-refractivity contribution in [1.29, 1.82) is 4.78 Å². The lowest BCUT2D eigenvalue weighted by Crippen LogP contribution is -2.34. The molecule has 2 nitrogen and oxygen atoms in total. The molecule has 0 radical (unpaired) electrons. The third-order valence-electron chi connectivity index (χ3n) is 2.46. The minimum Gasteiger partial charge on any atom is -0.280 e. The van der Waals surface area contributed by atoms with Crippen molar-refractivity contribution in [2.24, 2.45) is 0 Å². The lowest BCUT2D eigenvalue weighted by molar-refractivity contribution is -0.290. The van der Waals surface area contributed by atoms with Crippen LogP contribution in [0, 0.1) is 4.78 Å². The lowest BCUT2D eigenvalue weighted by atomic mass is 10.1. The fraction of sp³-hybridized carbons (Fsp3) is 0.500. The van der Waals surface area contributed by atoms with E-state index in [1.54, 1.807) is 13.2 Å². The molecule has 2 unspecified atom stereocenters. The minimum atomic E-state index is -5.66. The molecule has 8 heteroatoms. The average molecular weight is 286 g/mol. The summed E-state index contributed by atoms with van der Waals surface area (Å²) < 4.78 is 69.6. The van der Waals surface area contributed by atoms with Crippen molar-refractivity contribution in [2.45, 2.75) is 24.3 Å². The second kappa shape index (κ2) is 4.91. The predicted molar refractivity (Wildman–Crippen MR) is 58.6 cm³/mol. The van der Waals surface area contributed by atoms with Crippen molar-refractivity contribution >= 4 is 10.7 Å². The van der Waals surface area contributed by atoms with Crippen LogP contribution in [0.5, 0.6) is 0 Å². The standard InChI is InChI=1S/C10H11F5N2S/c1-6(18(2)16)7-3-4-8(17-5-7)9(11,12)10(13,14)15/h3-6,16H,1-2H3. The first-order valence-corrected chi connectivity index (χ1v) is 6.54. The van der Waals surface area contributed by atoms with Crippen molar-refractivity contribution in [3.8, 4) is 0 Å².